The zero-order valence-corrected chi connectivity index (χ0v) is 11.8. The van der Waals surface area contributed by atoms with Crippen molar-refractivity contribution in [2.75, 3.05) is 19.6 Å². The molecule has 0 atom stereocenters. The number of amides is 1. The fraction of sp³-hybridized carbons (Fsp3) is 0.933. The number of rotatable bonds is 5. The molecule has 0 aromatic rings. The predicted molar refractivity (Wildman–Crippen MR) is 74.4 cm³/mol. The quantitative estimate of drug-likeness (QED) is 0.789. The minimum absolute atomic E-state index is 0.265. The van der Waals surface area contributed by atoms with Gasteiger partial charge in [-0.25, -0.2) is 0 Å². The molecule has 18 heavy (non-hydrogen) atoms. The van der Waals surface area contributed by atoms with Gasteiger partial charge < -0.3 is 10.6 Å². The molecule has 104 valence electrons. The van der Waals surface area contributed by atoms with Crippen molar-refractivity contribution < 1.29 is 4.79 Å². The van der Waals surface area contributed by atoms with Crippen LogP contribution in [0.5, 0.6) is 0 Å². The van der Waals surface area contributed by atoms with Crippen LogP contribution in [0.1, 0.15) is 58.3 Å². The standard InChI is InChI=1S/C15H28N2O/c1-15(8-10-16-11-9-15)12-17-14(18)7-6-13-4-2-3-5-13/h13,16H,2-12H2,1H3,(H,17,18). The third-order valence-electron chi connectivity index (χ3n) is 4.78. The van der Waals surface area contributed by atoms with E-state index in [1.54, 1.807) is 0 Å². The lowest BCUT2D eigenvalue weighted by Crippen LogP contribution is -2.42. The monoisotopic (exact) mass is 252 g/mol. The van der Waals surface area contributed by atoms with E-state index in [1.807, 2.05) is 0 Å². The van der Waals surface area contributed by atoms with E-state index >= 15 is 0 Å². The normalized spacial score (nSPS) is 24.1. The molecule has 0 unspecified atom stereocenters. The summed E-state index contributed by atoms with van der Waals surface area (Å²) in [5, 5.41) is 6.53. The van der Waals surface area contributed by atoms with E-state index in [0.29, 0.717) is 5.41 Å². The number of carbonyl (C=O) groups excluding carboxylic acids is 1. The van der Waals surface area contributed by atoms with Gasteiger partial charge in [-0.2, -0.15) is 0 Å². The van der Waals surface area contributed by atoms with Gasteiger partial charge in [-0.05, 0) is 43.7 Å². The summed E-state index contributed by atoms with van der Waals surface area (Å²) in [5.74, 6) is 1.09. The molecule has 3 nitrogen and oxygen atoms in total. The summed E-state index contributed by atoms with van der Waals surface area (Å²) < 4.78 is 0. The van der Waals surface area contributed by atoms with Gasteiger partial charge in [0.25, 0.3) is 0 Å². The van der Waals surface area contributed by atoms with E-state index in [0.717, 1.165) is 38.4 Å². The largest absolute Gasteiger partial charge is 0.356 e. The second kappa shape index (κ2) is 6.55. The molecule has 1 amide bonds. The van der Waals surface area contributed by atoms with E-state index in [2.05, 4.69) is 17.6 Å². The average Bonchev–Trinajstić information content (AvgIpc) is 2.88. The Balaban J connectivity index is 1.61. The lowest BCUT2D eigenvalue weighted by molar-refractivity contribution is -0.122. The van der Waals surface area contributed by atoms with Gasteiger partial charge in [0.05, 0.1) is 0 Å². The molecular weight excluding hydrogens is 224 g/mol. The average molecular weight is 252 g/mol. The molecule has 0 aromatic heterocycles. The summed E-state index contributed by atoms with van der Waals surface area (Å²) in [4.78, 5) is 11.9. The SMILES string of the molecule is CC1(CNC(=O)CCC2CCCC2)CCNCC1. The second-order valence-corrected chi connectivity index (χ2v) is 6.53. The van der Waals surface area contributed by atoms with Gasteiger partial charge >= 0.3 is 0 Å². The molecule has 1 saturated heterocycles. The number of piperidine rings is 1. The highest BCUT2D eigenvalue weighted by Crippen LogP contribution is 2.29. The Kier molecular flexibility index (Phi) is 5.04. The number of carbonyl (C=O) groups is 1. The lowest BCUT2D eigenvalue weighted by Gasteiger charge is -2.34. The van der Waals surface area contributed by atoms with Crippen LogP contribution in [-0.2, 0) is 4.79 Å². The van der Waals surface area contributed by atoms with Gasteiger partial charge in [0.1, 0.15) is 0 Å². The van der Waals surface area contributed by atoms with Gasteiger partial charge in [-0.1, -0.05) is 32.6 Å². The highest BCUT2D eigenvalue weighted by atomic mass is 16.1. The van der Waals surface area contributed by atoms with Gasteiger partial charge in [0.2, 0.25) is 5.91 Å². The maximum Gasteiger partial charge on any atom is 0.220 e. The van der Waals surface area contributed by atoms with Crippen LogP contribution in [0.2, 0.25) is 0 Å². The van der Waals surface area contributed by atoms with Gasteiger partial charge in [0, 0.05) is 13.0 Å². The molecule has 2 N–H and O–H groups in total. The molecule has 0 aromatic carbocycles. The molecule has 0 radical (unpaired) electrons. The first-order chi connectivity index (χ1) is 8.68. The lowest BCUT2D eigenvalue weighted by atomic mass is 9.81. The van der Waals surface area contributed by atoms with Crippen molar-refractivity contribution in [1.29, 1.82) is 0 Å². The molecule has 1 heterocycles. The van der Waals surface area contributed by atoms with Crippen molar-refractivity contribution in [2.24, 2.45) is 11.3 Å². The Bertz CT molecular complexity index is 266. The molecule has 0 bridgehead atoms. The Hall–Kier alpha value is -0.570. The van der Waals surface area contributed by atoms with Crippen LogP contribution >= 0.6 is 0 Å². The van der Waals surface area contributed by atoms with E-state index in [1.165, 1.54) is 38.5 Å². The molecule has 3 heteroatoms. The van der Waals surface area contributed by atoms with Crippen LogP contribution in [0.3, 0.4) is 0 Å². The fourth-order valence-corrected chi connectivity index (χ4v) is 3.24. The molecule has 2 aliphatic rings. The topological polar surface area (TPSA) is 41.1 Å². The van der Waals surface area contributed by atoms with Gasteiger partial charge in [-0.3, -0.25) is 4.79 Å². The third-order valence-corrected chi connectivity index (χ3v) is 4.78. The highest BCUT2D eigenvalue weighted by molar-refractivity contribution is 5.75. The fourth-order valence-electron chi connectivity index (χ4n) is 3.24. The number of hydrogen-bond acceptors (Lipinski definition) is 2. The maximum atomic E-state index is 11.9. The van der Waals surface area contributed by atoms with Crippen molar-refractivity contribution in [1.82, 2.24) is 10.6 Å². The second-order valence-electron chi connectivity index (χ2n) is 6.53. The predicted octanol–water partition coefficient (Wildman–Crippen LogP) is 2.46. The molecule has 1 aliphatic heterocycles. The minimum atomic E-state index is 0.265. The third kappa shape index (κ3) is 4.27. The number of nitrogens with one attached hydrogen (secondary N) is 2. The van der Waals surface area contributed by atoms with Crippen LogP contribution in [0.25, 0.3) is 0 Å². The zero-order valence-electron chi connectivity index (χ0n) is 11.8. The highest BCUT2D eigenvalue weighted by Gasteiger charge is 2.27. The summed E-state index contributed by atoms with van der Waals surface area (Å²) in [5.41, 5.74) is 0.314. The zero-order chi connectivity index (χ0) is 12.8. The van der Waals surface area contributed by atoms with Crippen LogP contribution < -0.4 is 10.6 Å². The van der Waals surface area contributed by atoms with Crippen LogP contribution in [0.4, 0.5) is 0 Å². The molecule has 1 saturated carbocycles. The van der Waals surface area contributed by atoms with Crippen molar-refractivity contribution >= 4 is 5.91 Å². The summed E-state index contributed by atoms with van der Waals surface area (Å²) >= 11 is 0. The van der Waals surface area contributed by atoms with Gasteiger partial charge in [-0.15, -0.1) is 0 Å². The first-order valence-corrected chi connectivity index (χ1v) is 7.65. The molecule has 2 fully saturated rings. The Morgan fingerprint density at radius 3 is 2.61 bits per heavy atom. The summed E-state index contributed by atoms with van der Waals surface area (Å²) in [7, 11) is 0. The van der Waals surface area contributed by atoms with E-state index in [4.69, 9.17) is 0 Å². The summed E-state index contributed by atoms with van der Waals surface area (Å²) in [6.07, 6.45) is 9.62. The van der Waals surface area contributed by atoms with Crippen molar-refractivity contribution in [3.05, 3.63) is 0 Å². The maximum absolute atomic E-state index is 11.9. The Morgan fingerprint density at radius 1 is 1.28 bits per heavy atom. The van der Waals surface area contributed by atoms with E-state index in [9.17, 15) is 4.79 Å². The van der Waals surface area contributed by atoms with Crippen molar-refractivity contribution in [2.45, 2.75) is 58.3 Å². The summed E-state index contributed by atoms with van der Waals surface area (Å²) in [6, 6.07) is 0. The summed E-state index contributed by atoms with van der Waals surface area (Å²) in [6.45, 7) is 5.34. The van der Waals surface area contributed by atoms with E-state index in [-0.39, 0.29) is 5.91 Å². The molecule has 1 aliphatic carbocycles. The van der Waals surface area contributed by atoms with Crippen molar-refractivity contribution in [3.63, 3.8) is 0 Å². The van der Waals surface area contributed by atoms with Crippen LogP contribution in [0, 0.1) is 11.3 Å². The first kappa shape index (κ1) is 13.9. The smallest absolute Gasteiger partial charge is 0.220 e. The first-order valence-electron chi connectivity index (χ1n) is 7.65. The Labute approximate surface area is 111 Å². The van der Waals surface area contributed by atoms with Crippen molar-refractivity contribution in [3.8, 4) is 0 Å². The van der Waals surface area contributed by atoms with E-state index < -0.39 is 0 Å². The molecule has 0 spiro atoms. The molecular formula is C15H28N2O. The van der Waals surface area contributed by atoms with Crippen LogP contribution in [-0.4, -0.2) is 25.5 Å². The minimum Gasteiger partial charge on any atom is -0.356 e. The Morgan fingerprint density at radius 2 is 1.94 bits per heavy atom. The van der Waals surface area contributed by atoms with Crippen LogP contribution in [0.15, 0.2) is 0 Å². The molecule has 2 rings (SSSR count). The number of hydrogen-bond donors (Lipinski definition) is 2. The van der Waals surface area contributed by atoms with Gasteiger partial charge in [0.15, 0.2) is 0 Å².